The standard InChI is InChI=1S/C13H17N3O2/c1-4-5-6-7-8-14-12-11(13(17)18-3)9-15-10(2)16-12/h1,9H,5-8H2,2-3H3,(H,14,15,16). The summed E-state index contributed by atoms with van der Waals surface area (Å²) < 4.78 is 4.68. The van der Waals surface area contributed by atoms with Gasteiger partial charge in [-0.2, -0.15) is 0 Å². The highest BCUT2D eigenvalue weighted by Gasteiger charge is 2.13. The molecular weight excluding hydrogens is 230 g/mol. The van der Waals surface area contributed by atoms with E-state index in [-0.39, 0.29) is 0 Å². The predicted octanol–water partition coefficient (Wildman–Crippen LogP) is 1.79. The Balaban J connectivity index is 2.65. The van der Waals surface area contributed by atoms with Crippen molar-refractivity contribution in [2.24, 2.45) is 0 Å². The third-order valence-electron chi connectivity index (χ3n) is 2.35. The van der Waals surface area contributed by atoms with E-state index in [2.05, 4.69) is 25.9 Å². The second kappa shape index (κ2) is 7.28. The molecule has 0 aliphatic carbocycles. The van der Waals surface area contributed by atoms with E-state index >= 15 is 0 Å². The molecule has 0 amide bonds. The lowest BCUT2D eigenvalue weighted by molar-refractivity contribution is 0.0601. The number of hydrogen-bond donors (Lipinski definition) is 1. The van der Waals surface area contributed by atoms with Crippen LogP contribution in [0.25, 0.3) is 0 Å². The molecule has 0 radical (unpaired) electrons. The second-order valence-electron chi connectivity index (χ2n) is 3.76. The zero-order valence-corrected chi connectivity index (χ0v) is 10.7. The third-order valence-corrected chi connectivity index (χ3v) is 2.35. The maximum absolute atomic E-state index is 11.5. The van der Waals surface area contributed by atoms with E-state index in [1.54, 1.807) is 6.92 Å². The van der Waals surface area contributed by atoms with Crippen molar-refractivity contribution in [2.45, 2.75) is 26.2 Å². The van der Waals surface area contributed by atoms with Crippen molar-refractivity contribution >= 4 is 11.8 Å². The van der Waals surface area contributed by atoms with E-state index in [9.17, 15) is 4.79 Å². The van der Waals surface area contributed by atoms with Crippen LogP contribution in [0.5, 0.6) is 0 Å². The zero-order valence-electron chi connectivity index (χ0n) is 10.7. The zero-order chi connectivity index (χ0) is 13.4. The van der Waals surface area contributed by atoms with Gasteiger partial charge in [0.05, 0.1) is 7.11 Å². The van der Waals surface area contributed by atoms with E-state index in [0.29, 0.717) is 23.8 Å². The lowest BCUT2D eigenvalue weighted by atomic mass is 10.2. The third kappa shape index (κ3) is 4.06. The molecule has 1 aromatic heterocycles. The molecule has 0 aliphatic rings. The Morgan fingerprint density at radius 2 is 2.33 bits per heavy atom. The average Bonchev–Trinajstić information content (AvgIpc) is 2.38. The number of rotatable bonds is 6. The number of ether oxygens (including phenoxy) is 1. The normalized spacial score (nSPS) is 9.61. The van der Waals surface area contributed by atoms with Gasteiger partial charge in [0.25, 0.3) is 0 Å². The Labute approximate surface area is 107 Å². The van der Waals surface area contributed by atoms with Gasteiger partial charge in [-0.05, 0) is 19.8 Å². The van der Waals surface area contributed by atoms with Gasteiger partial charge < -0.3 is 10.1 Å². The summed E-state index contributed by atoms with van der Waals surface area (Å²) in [4.78, 5) is 19.7. The maximum atomic E-state index is 11.5. The van der Waals surface area contributed by atoms with Crippen LogP contribution in [-0.2, 0) is 4.74 Å². The molecule has 1 heterocycles. The van der Waals surface area contributed by atoms with Gasteiger partial charge in [0.1, 0.15) is 17.2 Å². The highest BCUT2D eigenvalue weighted by atomic mass is 16.5. The summed E-state index contributed by atoms with van der Waals surface area (Å²) in [5, 5.41) is 3.11. The SMILES string of the molecule is C#CCCCCNc1nc(C)ncc1C(=O)OC. The number of anilines is 1. The number of nitrogens with one attached hydrogen (secondary N) is 1. The Morgan fingerprint density at radius 3 is 3.00 bits per heavy atom. The van der Waals surface area contributed by atoms with Crippen molar-refractivity contribution < 1.29 is 9.53 Å². The number of hydrogen-bond acceptors (Lipinski definition) is 5. The van der Waals surface area contributed by atoms with Gasteiger partial charge in [-0.15, -0.1) is 12.3 Å². The molecule has 1 rings (SSSR count). The number of unbranched alkanes of at least 4 members (excludes halogenated alkanes) is 2. The molecule has 0 aliphatic heterocycles. The molecule has 0 atom stereocenters. The van der Waals surface area contributed by atoms with E-state index in [0.717, 1.165) is 19.3 Å². The number of carbonyl (C=O) groups is 1. The minimum atomic E-state index is -0.443. The van der Waals surface area contributed by atoms with Crippen molar-refractivity contribution in [3.05, 3.63) is 17.6 Å². The molecule has 1 N–H and O–H groups in total. The van der Waals surface area contributed by atoms with Gasteiger partial charge in [0, 0.05) is 19.2 Å². The minimum absolute atomic E-state index is 0.347. The summed E-state index contributed by atoms with van der Waals surface area (Å²) in [6, 6.07) is 0. The molecule has 0 saturated carbocycles. The Bertz CT molecular complexity index is 452. The van der Waals surface area contributed by atoms with Gasteiger partial charge in [-0.3, -0.25) is 0 Å². The molecule has 5 heteroatoms. The second-order valence-corrected chi connectivity index (χ2v) is 3.76. The van der Waals surface area contributed by atoms with Crippen LogP contribution in [0.4, 0.5) is 5.82 Å². The number of esters is 1. The van der Waals surface area contributed by atoms with Crippen molar-refractivity contribution in [1.29, 1.82) is 0 Å². The Kier molecular flexibility index (Phi) is 5.65. The lowest BCUT2D eigenvalue weighted by Crippen LogP contribution is -2.12. The number of nitrogens with zero attached hydrogens (tertiary/aromatic N) is 2. The largest absolute Gasteiger partial charge is 0.465 e. The fourth-order valence-corrected chi connectivity index (χ4v) is 1.42. The fourth-order valence-electron chi connectivity index (χ4n) is 1.42. The first-order valence-corrected chi connectivity index (χ1v) is 5.78. The predicted molar refractivity (Wildman–Crippen MR) is 69.3 cm³/mol. The first kappa shape index (κ1) is 14.0. The van der Waals surface area contributed by atoms with Gasteiger partial charge >= 0.3 is 5.97 Å². The first-order chi connectivity index (χ1) is 8.69. The monoisotopic (exact) mass is 247 g/mol. The molecule has 0 aromatic carbocycles. The summed E-state index contributed by atoms with van der Waals surface area (Å²) in [5.74, 6) is 3.26. The highest BCUT2D eigenvalue weighted by Crippen LogP contribution is 2.13. The van der Waals surface area contributed by atoms with Crippen LogP contribution in [0, 0.1) is 19.3 Å². The lowest BCUT2D eigenvalue weighted by Gasteiger charge is -2.09. The van der Waals surface area contributed by atoms with Gasteiger partial charge in [-0.1, -0.05) is 0 Å². The van der Waals surface area contributed by atoms with E-state index < -0.39 is 5.97 Å². The number of methoxy groups -OCH3 is 1. The van der Waals surface area contributed by atoms with Crippen LogP contribution in [0.3, 0.4) is 0 Å². The number of aryl methyl sites for hydroxylation is 1. The van der Waals surface area contributed by atoms with Crippen LogP contribution in [0.15, 0.2) is 6.20 Å². The molecule has 5 nitrogen and oxygen atoms in total. The van der Waals surface area contributed by atoms with Crippen molar-refractivity contribution in [3.8, 4) is 12.3 Å². The Hall–Kier alpha value is -2.09. The van der Waals surface area contributed by atoms with Crippen molar-refractivity contribution in [1.82, 2.24) is 9.97 Å². The van der Waals surface area contributed by atoms with Gasteiger partial charge in [0.15, 0.2) is 0 Å². The van der Waals surface area contributed by atoms with Crippen LogP contribution in [-0.4, -0.2) is 29.6 Å². The van der Waals surface area contributed by atoms with Crippen LogP contribution in [0.2, 0.25) is 0 Å². The average molecular weight is 247 g/mol. The molecule has 96 valence electrons. The van der Waals surface area contributed by atoms with Crippen LogP contribution >= 0.6 is 0 Å². The van der Waals surface area contributed by atoms with Gasteiger partial charge in [0.2, 0.25) is 0 Å². The van der Waals surface area contributed by atoms with Gasteiger partial charge in [-0.25, -0.2) is 14.8 Å². The minimum Gasteiger partial charge on any atom is -0.465 e. The van der Waals surface area contributed by atoms with Crippen LogP contribution in [0.1, 0.15) is 35.4 Å². The quantitative estimate of drug-likeness (QED) is 0.471. The molecule has 0 fully saturated rings. The fraction of sp³-hybridized carbons (Fsp3) is 0.462. The molecule has 0 unspecified atom stereocenters. The highest BCUT2D eigenvalue weighted by molar-refractivity contribution is 5.94. The number of carbonyl (C=O) groups excluding carboxylic acids is 1. The maximum Gasteiger partial charge on any atom is 0.343 e. The van der Waals surface area contributed by atoms with E-state index in [4.69, 9.17) is 6.42 Å². The van der Waals surface area contributed by atoms with Crippen LogP contribution < -0.4 is 5.32 Å². The number of aromatic nitrogens is 2. The topological polar surface area (TPSA) is 64.1 Å². The smallest absolute Gasteiger partial charge is 0.343 e. The first-order valence-electron chi connectivity index (χ1n) is 5.78. The number of terminal acetylenes is 1. The summed E-state index contributed by atoms with van der Waals surface area (Å²) in [5.41, 5.74) is 0.347. The molecule has 0 bridgehead atoms. The molecule has 0 spiro atoms. The molecule has 1 aromatic rings. The van der Waals surface area contributed by atoms with Crippen molar-refractivity contribution in [3.63, 3.8) is 0 Å². The summed E-state index contributed by atoms with van der Waals surface area (Å²) in [7, 11) is 1.33. The van der Waals surface area contributed by atoms with E-state index in [1.807, 2.05) is 0 Å². The summed E-state index contributed by atoms with van der Waals surface area (Å²) in [6.07, 6.45) is 9.27. The summed E-state index contributed by atoms with van der Waals surface area (Å²) >= 11 is 0. The molecule has 0 saturated heterocycles. The molecule has 18 heavy (non-hydrogen) atoms. The van der Waals surface area contributed by atoms with Crippen molar-refractivity contribution in [2.75, 3.05) is 19.0 Å². The summed E-state index contributed by atoms with van der Waals surface area (Å²) in [6.45, 7) is 2.48. The Morgan fingerprint density at radius 1 is 1.56 bits per heavy atom. The van der Waals surface area contributed by atoms with E-state index in [1.165, 1.54) is 13.3 Å². The molecular formula is C13H17N3O2.